The van der Waals surface area contributed by atoms with Crippen molar-refractivity contribution < 1.29 is 4.42 Å². The molecule has 0 aliphatic rings. The van der Waals surface area contributed by atoms with Gasteiger partial charge in [0.25, 0.3) is 0 Å². The van der Waals surface area contributed by atoms with Gasteiger partial charge in [0, 0.05) is 33.3 Å². The maximum atomic E-state index is 7.04. The molecule has 3 nitrogen and oxygen atoms in total. The predicted molar refractivity (Wildman–Crippen MR) is 173 cm³/mol. The third kappa shape index (κ3) is 4.32. The molecule has 0 radical (unpaired) electrons. The van der Waals surface area contributed by atoms with Crippen LogP contribution in [0.25, 0.3) is 21.5 Å². The van der Waals surface area contributed by atoms with Crippen LogP contribution in [0.3, 0.4) is 0 Å². The Morgan fingerprint density at radius 3 is 1.20 bits per heavy atom. The highest BCUT2D eigenvalue weighted by atomic mass is 16.4. The predicted octanol–water partition coefficient (Wildman–Crippen LogP) is 11.1. The van der Waals surface area contributed by atoms with Crippen LogP contribution in [-0.4, -0.2) is 0 Å². The first kappa shape index (κ1) is 24.7. The minimum atomic E-state index is 0.807. The Bertz CT molecular complexity index is 1820. The average Bonchev–Trinajstić information content (AvgIpc) is 3.32. The van der Waals surface area contributed by atoms with Gasteiger partial charge in [-0.3, -0.25) is 9.80 Å². The van der Waals surface area contributed by atoms with Crippen LogP contribution in [-0.2, 0) is 0 Å². The van der Waals surface area contributed by atoms with E-state index in [1.54, 1.807) is 0 Å². The van der Waals surface area contributed by atoms with Gasteiger partial charge in [0.05, 0.1) is 11.4 Å². The van der Waals surface area contributed by atoms with Gasteiger partial charge in [-0.05, 0) is 61.0 Å². The lowest BCUT2D eigenvalue weighted by molar-refractivity contribution is 0.577. The SMILES string of the molecule is Cc1c(N(c2ccccc2)c2cccc3ccccc23)oc(N(c2ccccc2)c2cccc3ccccc23)c1C. The summed E-state index contributed by atoms with van der Waals surface area (Å²) in [7, 11) is 0. The molecule has 0 fully saturated rings. The lowest BCUT2D eigenvalue weighted by Gasteiger charge is -2.26. The van der Waals surface area contributed by atoms with E-state index in [1.165, 1.54) is 21.5 Å². The zero-order valence-electron chi connectivity index (χ0n) is 23.2. The monoisotopic (exact) mass is 530 g/mol. The summed E-state index contributed by atoms with van der Waals surface area (Å²) in [6.45, 7) is 4.32. The molecule has 3 heteroatoms. The number of para-hydroxylation sites is 2. The number of furan rings is 1. The summed E-state index contributed by atoms with van der Waals surface area (Å²) < 4.78 is 7.04. The van der Waals surface area contributed by atoms with E-state index in [2.05, 4.69) is 157 Å². The van der Waals surface area contributed by atoms with Crippen molar-refractivity contribution in [2.45, 2.75) is 13.8 Å². The third-order valence-electron chi connectivity index (χ3n) is 7.85. The first-order chi connectivity index (χ1) is 20.2. The van der Waals surface area contributed by atoms with Crippen molar-refractivity contribution in [3.05, 3.63) is 157 Å². The quantitative estimate of drug-likeness (QED) is 0.213. The standard InChI is InChI=1S/C38H30N2O/c1-27-28(2)38(40(32-21-7-4-8-22-32)36-26-14-18-30-16-10-12-24-34(30)36)41-37(27)39(31-19-5-3-6-20-31)35-25-13-17-29-15-9-11-23-33(29)35/h3-26H,1-2H3. The summed E-state index contributed by atoms with van der Waals surface area (Å²) in [6, 6.07) is 50.9. The van der Waals surface area contributed by atoms with Crippen LogP contribution in [0.15, 0.2) is 150 Å². The second kappa shape index (κ2) is 10.4. The van der Waals surface area contributed by atoms with E-state index in [-0.39, 0.29) is 0 Å². The molecule has 0 spiro atoms. The molecule has 1 heterocycles. The largest absolute Gasteiger partial charge is 0.423 e. The molecule has 1 aromatic heterocycles. The third-order valence-corrected chi connectivity index (χ3v) is 7.85. The molecule has 0 aliphatic carbocycles. The smallest absolute Gasteiger partial charge is 0.210 e. The summed E-state index contributed by atoms with van der Waals surface area (Å²) in [5, 5.41) is 4.72. The van der Waals surface area contributed by atoms with Gasteiger partial charge in [0.15, 0.2) is 0 Å². The molecule has 0 amide bonds. The van der Waals surface area contributed by atoms with Crippen LogP contribution in [0.4, 0.5) is 34.5 Å². The zero-order valence-corrected chi connectivity index (χ0v) is 23.2. The minimum absolute atomic E-state index is 0.807. The van der Waals surface area contributed by atoms with Gasteiger partial charge < -0.3 is 4.42 Å². The van der Waals surface area contributed by atoms with Gasteiger partial charge in [-0.25, -0.2) is 0 Å². The molecule has 41 heavy (non-hydrogen) atoms. The Kier molecular flexibility index (Phi) is 6.25. The molecule has 0 bridgehead atoms. The number of hydrogen-bond donors (Lipinski definition) is 0. The molecular weight excluding hydrogens is 500 g/mol. The number of nitrogens with zero attached hydrogens (tertiary/aromatic N) is 2. The number of anilines is 6. The molecule has 0 aliphatic heterocycles. The Hall–Kier alpha value is -5.28. The molecular formula is C38H30N2O. The second-order valence-electron chi connectivity index (χ2n) is 10.3. The van der Waals surface area contributed by atoms with Gasteiger partial charge in [-0.2, -0.15) is 0 Å². The minimum Gasteiger partial charge on any atom is -0.423 e. The molecule has 0 unspecified atom stereocenters. The Labute approximate surface area is 240 Å². The molecule has 0 saturated carbocycles. The van der Waals surface area contributed by atoms with E-state index in [0.717, 1.165) is 45.6 Å². The average molecular weight is 531 g/mol. The highest BCUT2D eigenvalue weighted by Crippen LogP contribution is 2.48. The lowest BCUT2D eigenvalue weighted by Crippen LogP contribution is -2.11. The molecule has 0 atom stereocenters. The van der Waals surface area contributed by atoms with E-state index in [9.17, 15) is 0 Å². The van der Waals surface area contributed by atoms with E-state index in [4.69, 9.17) is 4.42 Å². The van der Waals surface area contributed by atoms with Gasteiger partial charge in [-0.15, -0.1) is 0 Å². The highest BCUT2D eigenvalue weighted by molar-refractivity contribution is 6.00. The number of rotatable bonds is 6. The van der Waals surface area contributed by atoms with Gasteiger partial charge in [0.2, 0.25) is 11.8 Å². The Morgan fingerprint density at radius 1 is 0.390 bits per heavy atom. The fraction of sp³-hybridized carbons (Fsp3) is 0.0526. The maximum Gasteiger partial charge on any atom is 0.210 e. The van der Waals surface area contributed by atoms with Crippen molar-refractivity contribution in [3.63, 3.8) is 0 Å². The van der Waals surface area contributed by atoms with Crippen LogP contribution >= 0.6 is 0 Å². The van der Waals surface area contributed by atoms with Crippen molar-refractivity contribution in [2.24, 2.45) is 0 Å². The maximum absolute atomic E-state index is 7.04. The molecule has 0 N–H and O–H groups in total. The fourth-order valence-corrected chi connectivity index (χ4v) is 5.68. The topological polar surface area (TPSA) is 19.6 Å². The number of hydrogen-bond acceptors (Lipinski definition) is 3. The summed E-state index contributed by atoms with van der Waals surface area (Å²) >= 11 is 0. The molecule has 7 aromatic rings. The highest BCUT2D eigenvalue weighted by Gasteiger charge is 2.28. The van der Waals surface area contributed by atoms with Crippen molar-refractivity contribution in [1.29, 1.82) is 0 Å². The summed E-state index contributed by atoms with van der Waals surface area (Å²) in [4.78, 5) is 4.50. The van der Waals surface area contributed by atoms with Crippen LogP contribution in [0, 0.1) is 13.8 Å². The summed E-state index contributed by atoms with van der Waals surface area (Å²) in [5.41, 5.74) is 6.44. The first-order valence-electron chi connectivity index (χ1n) is 14.0. The summed E-state index contributed by atoms with van der Waals surface area (Å²) in [5.74, 6) is 1.61. The van der Waals surface area contributed by atoms with Crippen molar-refractivity contribution in [3.8, 4) is 0 Å². The molecule has 0 saturated heterocycles. The van der Waals surface area contributed by atoms with E-state index < -0.39 is 0 Å². The second-order valence-corrected chi connectivity index (χ2v) is 10.3. The van der Waals surface area contributed by atoms with Crippen LogP contribution < -0.4 is 9.80 Å². The first-order valence-corrected chi connectivity index (χ1v) is 14.0. The number of benzene rings is 6. The van der Waals surface area contributed by atoms with Crippen LogP contribution in [0.1, 0.15) is 11.1 Å². The molecule has 198 valence electrons. The van der Waals surface area contributed by atoms with Gasteiger partial charge in [0.1, 0.15) is 0 Å². The van der Waals surface area contributed by atoms with Gasteiger partial charge >= 0.3 is 0 Å². The van der Waals surface area contributed by atoms with Gasteiger partial charge in [-0.1, -0.05) is 109 Å². The normalized spacial score (nSPS) is 11.2. The zero-order chi connectivity index (χ0) is 27.8. The van der Waals surface area contributed by atoms with Crippen molar-refractivity contribution >= 4 is 56.1 Å². The Balaban J connectivity index is 1.49. The molecule has 6 aromatic carbocycles. The lowest BCUT2D eigenvalue weighted by atomic mass is 10.1. The van der Waals surface area contributed by atoms with Crippen molar-refractivity contribution in [2.75, 3.05) is 9.80 Å². The molecule has 7 rings (SSSR count). The van der Waals surface area contributed by atoms with E-state index >= 15 is 0 Å². The number of fused-ring (bicyclic) bond motifs is 2. The van der Waals surface area contributed by atoms with E-state index in [1.807, 2.05) is 12.1 Å². The van der Waals surface area contributed by atoms with Crippen LogP contribution in [0.5, 0.6) is 0 Å². The summed E-state index contributed by atoms with van der Waals surface area (Å²) in [6.07, 6.45) is 0. The fourth-order valence-electron chi connectivity index (χ4n) is 5.68. The Morgan fingerprint density at radius 2 is 0.756 bits per heavy atom. The van der Waals surface area contributed by atoms with Crippen LogP contribution in [0.2, 0.25) is 0 Å². The van der Waals surface area contributed by atoms with Crippen molar-refractivity contribution in [1.82, 2.24) is 0 Å². The van der Waals surface area contributed by atoms with E-state index in [0.29, 0.717) is 0 Å².